The molecule has 0 aromatic carbocycles. The fourth-order valence-corrected chi connectivity index (χ4v) is 3.83. The van der Waals surface area contributed by atoms with Crippen LogP contribution in [0.25, 0.3) is 0 Å². The van der Waals surface area contributed by atoms with E-state index in [0.717, 1.165) is 44.7 Å². The fourth-order valence-electron chi connectivity index (χ4n) is 3.83. The molecule has 0 heterocycles. The Labute approximate surface area is 129 Å². The van der Waals surface area contributed by atoms with Gasteiger partial charge < -0.3 is 15.0 Å². The van der Waals surface area contributed by atoms with Gasteiger partial charge in [0, 0.05) is 6.54 Å². The van der Waals surface area contributed by atoms with Crippen molar-refractivity contribution in [2.24, 2.45) is 11.8 Å². The van der Waals surface area contributed by atoms with E-state index < -0.39 is 5.54 Å². The van der Waals surface area contributed by atoms with Crippen molar-refractivity contribution in [3.63, 3.8) is 0 Å². The first-order chi connectivity index (χ1) is 10.1. The van der Waals surface area contributed by atoms with Crippen LogP contribution in [0.4, 0.5) is 0 Å². The molecule has 2 fully saturated rings. The highest BCUT2D eigenvalue weighted by molar-refractivity contribution is 5.81. The topological polar surface area (TPSA) is 41.6 Å². The summed E-state index contributed by atoms with van der Waals surface area (Å²) in [6.45, 7) is 7.59. The second-order valence-electron chi connectivity index (χ2n) is 6.81. The highest BCUT2D eigenvalue weighted by atomic mass is 16.5. The van der Waals surface area contributed by atoms with Gasteiger partial charge in [-0.3, -0.25) is 4.79 Å². The van der Waals surface area contributed by atoms with Gasteiger partial charge in [0.1, 0.15) is 5.54 Å². The molecule has 2 rings (SSSR count). The average molecular weight is 296 g/mol. The Morgan fingerprint density at radius 1 is 1.33 bits per heavy atom. The lowest BCUT2D eigenvalue weighted by Crippen LogP contribution is -2.56. The second kappa shape index (κ2) is 7.59. The van der Waals surface area contributed by atoms with E-state index in [0.29, 0.717) is 12.5 Å². The predicted octanol–water partition coefficient (Wildman–Crippen LogP) is 2.43. The van der Waals surface area contributed by atoms with Gasteiger partial charge in [0.25, 0.3) is 0 Å². The highest BCUT2D eigenvalue weighted by Crippen LogP contribution is 2.39. The molecule has 1 N–H and O–H groups in total. The van der Waals surface area contributed by atoms with E-state index in [9.17, 15) is 4.79 Å². The first-order valence-electron chi connectivity index (χ1n) is 8.73. The third-order valence-electron chi connectivity index (χ3n) is 5.08. The summed E-state index contributed by atoms with van der Waals surface area (Å²) >= 11 is 0. The number of rotatable bonds is 9. The molecular formula is C17H32N2O2. The molecule has 2 aliphatic rings. The SMILES string of the molecule is CCNC1(C(=O)OCC)CCCC1CCN(C)CC1CC1. The normalized spacial score (nSPS) is 29.0. The molecule has 2 aliphatic carbocycles. The molecule has 4 nitrogen and oxygen atoms in total. The Morgan fingerprint density at radius 2 is 2.10 bits per heavy atom. The molecule has 2 saturated carbocycles. The first-order valence-corrected chi connectivity index (χ1v) is 8.73. The molecule has 122 valence electrons. The van der Waals surface area contributed by atoms with E-state index in [-0.39, 0.29) is 5.97 Å². The molecule has 0 saturated heterocycles. The minimum Gasteiger partial charge on any atom is -0.465 e. The zero-order valence-electron chi connectivity index (χ0n) is 14.0. The van der Waals surface area contributed by atoms with Crippen LogP contribution in [0.15, 0.2) is 0 Å². The number of nitrogens with one attached hydrogen (secondary N) is 1. The van der Waals surface area contributed by atoms with E-state index in [1.54, 1.807) is 0 Å². The number of ether oxygens (including phenoxy) is 1. The maximum absolute atomic E-state index is 12.5. The van der Waals surface area contributed by atoms with E-state index in [1.165, 1.54) is 19.4 Å². The highest BCUT2D eigenvalue weighted by Gasteiger charge is 2.49. The molecule has 4 heteroatoms. The van der Waals surface area contributed by atoms with E-state index >= 15 is 0 Å². The molecule has 2 atom stereocenters. The summed E-state index contributed by atoms with van der Waals surface area (Å²) < 4.78 is 5.38. The van der Waals surface area contributed by atoms with Gasteiger partial charge >= 0.3 is 5.97 Å². The van der Waals surface area contributed by atoms with Crippen LogP contribution >= 0.6 is 0 Å². The summed E-state index contributed by atoms with van der Waals surface area (Å²) in [5.41, 5.74) is -0.425. The smallest absolute Gasteiger partial charge is 0.326 e. The van der Waals surface area contributed by atoms with Crippen molar-refractivity contribution >= 4 is 5.97 Å². The molecule has 2 unspecified atom stereocenters. The average Bonchev–Trinajstić information content (AvgIpc) is 3.16. The number of carbonyl (C=O) groups excluding carboxylic acids is 1. The Hall–Kier alpha value is -0.610. The number of hydrogen-bond donors (Lipinski definition) is 1. The molecule has 0 radical (unpaired) electrons. The van der Waals surface area contributed by atoms with Crippen molar-refractivity contribution < 1.29 is 9.53 Å². The van der Waals surface area contributed by atoms with Crippen molar-refractivity contribution in [2.75, 3.05) is 33.3 Å². The van der Waals surface area contributed by atoms with Gasteiger partial charge in [-0.25, -0.2) is 0 Å². The standard InChI is InChI=1S/C17H32N2O2/c1-4-18-17(16(20)21-5-2)11-6-7-15(17)10-12-19(3)13-14-8-9-14/h14-15,18H,4-13H2,1-3H3. The zero-order chi connectivity index (χ0) is 15.3. The number of esters is 1. The summed E-state index contributed by atoms with van der Waals surface area (Å²) in [5, 5.41) is 3.48. The lowest BCUT2D eigenvalue weighted by atomic mass is 9.84. The first kappa shape index (κ1) is 16.8. The molecule has 0 bridgehead atoms. The lowest BCUT2D eigenvalue weighted by Gasteiger charge is -2.34. The third kappa shape index (κ3) is 4.19. The van der Waals surface area contributed by atoms with Crippen LogP contribution in [0.3, 0.4) is 0 Å². The van der Waals surface area contributed by atoms with E-state index in [1.807, 2.05) is 6.92 Å². The summed E-state index contributed by atoms with van der Waals surface area (Å²) in [4.78, 5) is 14.9. The van der Waals surface area contributed by atoms with Crippen LogP contribution in [0, 0.1) is 11.8 Å². The molecule has 0 aliphatic heterocycles. The minimum atomic E-state index is -0.425. The van der Waals surface area contributed by atoms with Gasteiger partial charge in [0.15, 0.2) is 0 Å². The Kier molecular flexibility index (Phi) is 6.06. The third-order valence-corrected chi connectivity index (χ3v) is 5.08. The quantitative estimate of drug-likeness (QED) is 0.664. The van der Waals surface area contributed by atoms with Gasteiger partial charge in [0.05, 0.1) is 6.61 Å². The Bertz CT molecular complexity index is 344. The summed E-state index contributed by atoms with van der Waals surface area (Å²) in [6, 6.07) is 0. The van der Waals surface area contributed by atoms with Gasteiger partial charge in [-0.05, 0) is 71.0 Å². The molecule has 0 aromatic rings. The maximum Gasteiger partial charge on any atom is 0.326 e. The van der Waals surface area contributed by atoms with Gasteiger partial charge in [-0.1, -0.05) is 13.3 Å². The van der Waals surface area contributed by atoms with Crippen LogP contribution in [0.2, 0.25) is 0 Å². The van der Waals surface area contributed by atoms with Gasteiger partial charge in [0.2, 0.25) is 0 Å². The number of carbonyl (C=O) groups is 1. The molecule has 0 amide bonds. The Balaban J connectivity index is 1.92. The molecule has 0 aromatic heterocycles. The fraction of sp³-hybridized carbons (Fsp3) is 0.941. The van der Waals surface area contributed by atoms with Crippen LogP contribution < -0.4 is 5.32 Å². The maximum atomic E-state index is 12.5. The second-order valence-corrected chi connectivity index (χ2v) is 6.81. The van der Waals surface area contributed by atoms with Crippen LogP contribution in [-0.2, 0) is 9.53 Å². The van der Waals surface area contributed by atoms with Crippen LogP contribution in [-0.4, -0.2) is 49.7 Å². The van der Waals surface area contributed by atoms with Gasteiger partial charge in [-0.2, -0.15) is 0 Å². The minimum absolute atomic E-state index is 0.0285. The number of nitrogens with zero attached hydrogens (tertiary/aromatic N) is 1. The predicted molar refractivity (Wildman–Crippen MR) is 85.2 cm³/mol. The van der Waals surface area contributed by atoms with E-state index in [2.05, 4.69) is 24.2 Å². The van der Waals surface area contributed by atoms with Crippen molar-refractivity contribution in [3.05, 3.63) is 0 Å². The summed E-state index contributed by atoms with van der Waals surface area (Å²) in [6.07, 6.45) is 7.09. The lowest BCUT2D eigenvalue weighted by molar-refractivity contribution is -0.153. The van der Waals surface area contributed by atoms with Crippen molar-refractivity contribution in [3.8, 4) is 0 Å². The molecule has 21 heavy (non-hydrogen) atoms. The monoisotopic (exact) mass is 296 g/mol. The van der Waals surface area contributed by atoms with Crippen LogP contribution in [0.5, 0.6) is 0 Å². The summed E-state index contributed by atoms with van der Waals surface area (Å²) in [7, 11) is 2.21. The largest absolute Gasteiger partial charge is 0.465 e. The molecule has 0 spiro atoms. The van der Waals surface area contributed by atoms with Gasteiger partial charge in [-0.15, -0.1) is 0 Å². The van der Waals surface area contributed by atoms with Crippen molar-refractivity contribution in [1.29, 1.82) is 0 Å². The Morgan fingerprint density at radius 3 is 2.71 bits per heavy atom. The number of likely N-dealkylation sites (N-methyl/N-ethyl adjacent to an activating group) is 1. The summed E-state index contributed by atoms with van der Waals surface area (Å²) in [5.74, 6) is 1.32. The van der Waals surface area contributed by atoms with Crippen LogP contribution in [0.1, 0.15) is 52.4 Å². The zero-order valence-corrected chi connectivity index (χ0v) is 14.0. The number of hydrogen-bond acceptors (Lipinski definition) is 4. The van der Waals surface area contributed by atoms with Crippen molar-refractivity contribution in [2.45, 2.75) is 57.9 Å². The van der Waals surface area contributed by atoms with E-state index in [4.69, 9.17) is 4.74 Å². The molecular weight excluding hydrogens is 264 g/mol. The van der Waals surface area contributed by atoms with Crippen molar-refractivity contribution in [1.82, 2.24) is 10.2 Å².